The first-order valence-corrected chi connectivity index (χ1v) is 8.77. The molecule has 0 unspecified atom stereocenters. The number of amides is 1. The van der Waals surface area contributed by atoms with Gasteiger partial charge in [-0.2, -0.15) is 13.2 Å². The Hall–Kier alpha value is -2.17. The lowest BCUT2D eigenvalue weighted by molar-refractivity contribution is -0.139. The van der Waals surface area contributed by atoms with Gasteiger partial charge in [0.15, 0.2) is 0 Å². The highest BCUT2D eigenvalue weighted by Gasteiger charge is 2.37. The minimum Gasteiger partial charge on any atom is -0.325 e. The van der Waals surface area contributed by atoms with Gasteiger partial charge in [0.25, 0.3) is 0 Å². The van der Waals surface area contributed by atoms with Crippen molar-refractivity contribution in [3.63, 3.8) is 0 Å². The van der Waals surface area contributed by atoms with Crippen LogP contribution in [0.1, 0.15) is 5.56 Å². The molecule has 0 radical (unpaired) electrons. The van der Waals surface area contributed by atoms with Gasteiger partial charge in [-0.15, -0.1) is 0 Å². The third-order valence-electron chi connectivity index (χ3n) is 3.09. The molecule has 5 nitrogen and oxygen atoms in total. The largest absolute Gasteiger partial charge is 0.417 e. The van der Waals surface area contributed by atoms with E-state index in [0.717, 1.165) is 18.2 Å². The third kappa shape index (κ3) is 5.16. The molecule has 0 spiro atoms. The summed E-state index contributed by atoms with van der Waals surface area (Å²) >= 11 is 5.50. The van der Waals surface area contributed by atoms with Crippen LogP contribution in [-0.4, -0.2) is 20.9 Å². The highest BCUT2D eigenvalue weighted by molar-refractivity contribution is 7.89. The van der Waals surface area contributed by atoms with Crippen molar-refractivity contribution in [3.8, 4) is 0 Å². The first-order chi connectivity index (χ1) is 12.0. The van der Waals surface area contributed by atoms with Crippen molar-refractivity contribution < 1.29 is 30.8 Å². The molecule has 0 fully saturated rings. The van der Waals surface area contributed by atoms with Crippen molar-refractivity contribution in [3.05, 3.63) is 58.9 Å². The fourth-order valence-corrected chi connectivity index (χ4v) is 3.29. The number of rotatable bonds is 5. The van der Waals surface area contributed by atoms with Crippen LogP contribution in [0, 0.1) is 5.82 Å². The maximum absolute atomic E-state index is 13.0. The van der Waals surface area contributed by atoms with Crippen LogP contribution < -0.4 is 10.0 Å². The van der Waals surface area contributed by atoms with E-state index in [-0.39, 0.29) is 10.7 Å². The molecule has 1 amide bonds. The smallest absolute Gasteiger partial charge is 0.325 e. The van der Waals surface area contributed by atoms with Gasteiger partial charge in [-0.3, -0.25) is 4.79 Å². The summed E-state index contributed by atoms with van der Waals surface area (Å²) in [5.74, 6) is -1.38. The topological polar surface area (TPSA) is 75.3 Å². The number of carbonyl (C=O) groups is 1. The number of alkyl halides is 3. The zero-order chi connectivity index (χ0) is 19.5. The molecule has 2 rings (SSSR count). The van der Waals surface area contributed by atoms with Gasteiger partial charge in [0.2, 0.25) is 15.9 Å². The molecule has 0 bridgehead atoms. The Bertz CT molecular complexity index is 915. The molecular weight excluding hydrogens is 400 g/mol. The van der Waals surface area contributed by atoms with Gasteiger partial charge >= 0.3 is 6.18 Å². The predicted octanol–water partition coefficient (Wildman–Crippen LogP) is 3.41. The SMILES string of the molecule is O=C(CNS(=O)(=O)c1ccc(Cl)cc1C(F)(F)F)Nc1ccc(F)cc1. The number of anilines is 1. The molecule has 2 aromatic rings. The Balaban J connectivity index is 2.14. The van der Waals surface area contributed by atoms with Crippen molar-refractivity contribution in [2.45, 2.75) is 11.1 Å². The molecule has 2 aromatic carbocycles. The molecule has 0 atom stereocenters. The van der Waals surface area contributed by atoms with E-state index in [1.54, 1.807) is 4.72 Å². The number of sulfonamides is 1. The summed E-state index contributed by atoms with van der Waals surface area (Å²) in [6.07, 6.45) is -4.95. The minimum absolute atomic E-state index is 0.193. The molecular formula is C15H11ClF4N2O3S. The standard InChI is InChI=1S/C15H11ClF4N2O3S/c16-9-1-6-13(12(7-9)15(18,19)20)26(24,25)21-8-14(23)22-11-4-2-10(17)3-5-11/h1-7,21H,8H2,(H,22,23). The van der Waals surface area contributed by atoms with Crippen molar-refractivity contribution in [1.29, 1.82) is 0 Å². The predicted molar refractivity (Wildman–Crippen MR) is 86.7 cm³/mol. The summed E-state index contributed by atoms with van der Waals surface area (Å²) in [4.78, 5) is 10.7. The van der Waals surface area contributed by atoms with Crippen LogP contribution in [0.5, 0.6) is 0 Å². The quantitative estimate of drug-likeness (QED) is 0.742. The van der Waals surface area contributed by atoms with E-state index in [9.17, 15) is 30.8 Å². The average molecular weight is 411 g/mol. The summed E-state index contributed by atoms with van der Waals surface area (Å²) in [6.45, 7) is -0.820. The highest BCUT2D eigenvalue weighted by Crippen LogP contribution is 2.35. The third-order valence-corrected chi connectivity index (χ3v) is 4.78. The Morgan fingerprint density at radius 1 is 1.08 bits per heavy atom. The number of benzene rings is 2. The number of hydrogen-bond acceptors (Lipinski definition) is 3. The number of hydrogen-bond donors (Lipinski definition) is 2. The average Bonchev–Trinajstić information content (AvgIpc) is 2.54. The van der Waals surface area contributed by atoms with Crippen LogP contribution >= 0.6 is 11.6 Å². The first kappa shape index (κ1) is 20.1. The molecule has 0 aromatic heterocycles. The normalized spacial score (nSPS) is 12.0. The molecule has 140 valence electrons. The van der Waals surface area contributed by atoms with E-state index in [1.807, 2.05) is 0 Å². The highest BCUT2D eigenvalue weighted by atomic mass is 35.5. The van der Waals surface area contributed by atoms with Crippen LogP contribution in [0.15, 0.2) is 47.4 Å². The second-order valence-electron chi connectivity index (χ2n) is 5.02. The van der Waals surface area contributed by atoms with Gasteiger partial charge in [0.1, 0.15) is 5.82 Å². The molecule has 0 aliphatic heterocycles. The van der Waals surface area contributed by atoms with E-state index >= 15 is 0 Å². The van der Waals surface area contributed by atoms with E-state index in [4.69, 9.17) is 11.6 Å². The summed E-state index contributed by atoms with van der Waals surface area (Å²) in [6, 6.07) is 6.79. The lowest BCUT2D eigenvalue weighted by atomic mass is 10.2. The van der Waals surface area contributed by atoms with Crippen molar-refractivity contribution in [2.24, 2.45) is 0 Å². The number of carbonyl (C=O) groups excluding carboxylic acids is 1. The first-order valence-electron chi connectivity index (χ1n) is 6.91. The zero-order valence-corrected chi connectivity index (χ0v) is 14.3. The Morgan fingerprint density at radius 3 is 2.27 bits per heavy atom. The Labute approximate surface area is 151 Å². The minimum atomic E-state index is -4.95. The maximum Gasteiger partial charge on any atom is 0.417 e. The second kappa shape index (κ2) is 7.60. The van der Waals surface area contributed by atoms with E-state index in [1.165, 1.54) is 12.1 Å². The Morgan fingerprint density at radius 2 is 1.69 bits per heavy atom. The molecule has 2 N–H and O–H groups in total. The monoisotopic (exact) mass is 410 g/mol. The van der Waals surface area contributed by atoms with Crippen LogP contribution in [0.4, 0.5) is 23.2 Å². The number of nitrogens with one attached hydrogen (secondary N) is 2. The second-order valence-corrected chi connectivity index (χ2v) is 7.19. The summed E-state index contributed by atoms with van der Waals surface area (Å²) in [5.41, 5.74) is -1.26. The molecule has 0 aliphatic carbocycles. The lowest BCUT2D eigenvalue weighted by Crippen LogP contribution is -2.34. The van der Waals surface area contributed by atoms with Gasteiger partial charge in [-0.25, -0.2) is 17.5 Å². The molecule has 0 saturated carbocycles. The lowest BCUT2D eigenvalue weighted by Gasteiger charge is -2.14. The zero-order valence-electron chi connectivity index (χ0n) is 12.8. The van der Waals surface area contributed by atoms with Crippen molar-refractivity contribution in [1.82, 2.24) is 4.72 Å². The fraction of sp³-hybridized carbons (Fsp3) is 0.133. The van der Waals surface area contributed by atoms with Gasteiger partial charge in [0.05, 0.1) is 17.0 Å². The van der Waals surface area contributed by atoms with Gasteiger partial charge in [-0.05, 0) is 42.5 Å². The maximum atomic E-state index is 13.0. The summed E-state index contributed by atoms with van der Waals surface area (Å²) < 4.78 is 77.9. The Kier molecular flexibility index (Phi) is 5.89. The van der Waals surface area contributed by atoms with Crippen LogP contribution in [0.3, 0.4) is 0 Å². The van der Waals surface area contributed by atoms with Crippen molar-refractivity contribution >= 4 is 33.2 Å². The molecule has 11 heteroatoms. The van der Waals surface area contributed by atoms with Gasteiger partial charge in [-0.1, -0.05) is 11.6 Å². The van der Waals surface area contributed by atoms with E-state index in [0.29, 0.717) is 12.1 Å². The molecule has 0 heterocycles. The fourth-order valence-electron chi connectivity index (χ4n) is 1.93. The van der Waals surface area contributed by atoms with Crippen LogP contribution in [0.2, 0.25) is 5.02 Å². The van der Waals surface area contributed by atoms with Crippen LogP contribution in [-0.2, 0) is 21.0 Å². The summed E-state index contributed by atoms with van der Waals surface area (Å²) in [5, 5.41) is 1.98. The summed E-state index contributed by atoms with van der Waals surface area (Å²) in [7, 11) is -4.63. The molecule has 0 saturated heterocycles. The van der Waals surface area contributed by atoms with Crippen molar-refractivity contribution in [2.75, 3.05) is 11.9 Å². The van der Waals surface area contributed by atoms with Gasteiger partial charge < -0.3 is 5.32 Å². The van der Waals surface area contributed by atoms with E-state index < -0.39 is 44.9 Å². The van der Waals surface area contributed by atoms with Gasteiger partial charge in [0, 0.05) is 10.7 Å². The molecule has 0 aliphatic rings. The number of halogens is 5. The molecule has 26 heavy (non-hydrogen) atoms. The van der Waals surface area contributed by atoms with E-state index in [2.05, 4.69) is 5.32 Å². The van der Waals surface area contributed by atoms with Crippen LogP contribution in [0.25, 0.3) is 0 Å².